The van der Waals surface area contributed by atoms with Crippen LogP contribution in [0, 0.1) is 11.8 Å². The van der Waals surface area contributed by atoms with E-state index in [4.69, 9.17) is 4.74 Å². The Hall–Kier alpha value is -0.0800. The van der Waals surface area contributed by atoms with Crippen LogP contribution in [0.4, 0.5) is 0 Å². The van der Waals surface area contributed by atoms with Crippen LogP contribution in [0.3, 0.4) is 0 Å². The zero-order chi connectivity index (χ0) is 11.6. The fourth-order valence-electron chi connectivity index (χ4n) is 3.62. The van der Waals surface area contributed by atoms with Gasteiger partial charge < -0.3 is 10.1 Å². The summed E-state index contributed by atoms with van der Waals surface area (Å²) in [5.41, 5.74) is 0.165. The molecule has 1 spiro atoms. The highest BCUT2D eigenvalue weighted by Gasteiger charge is 2.45. The molecule has 16 heavy (non-hydrogen) atoms. The molecule has 1 unspecified atom stereocenters. The Balaban J connectivity index is 2.04. The number of morpholine rings is 1. The Morgan fingerprint density at radius 1 is 1.31 bits per heavy atom. The zero-order valence-electron chi connectivity index (χ0n) is 11.1. The first kappa shape index (κ1) is 12.4. The summed E-state index contributed by atoms with van der Waals surface area (Å²) in [7, 11) is 0. The quantitative estimate of drug-likeness (QED) is 0.780. The largest absolute Gasteiger partial charge is 0.372 e. The molecular weight excluding hydrogens is 198 g/mol. The van der Waals surface area contributed by atoms with Crippen LogP contribution in [0.25, 0.3) is 0 Å². The Morgan fingerprint density at radius 2 is 2.00 bits per heavy atom. The lowest BCUT2D eigenvalue weighted by atomic mass is 9.71. The second kappa shape index (κ2) is 5.05. The van der Waals surface area contributed by atoms with Crippen LogP contribution in [0.2, 0.25) is 0 Å². The molecule has 94 valence electrons. The van der Waals surface area contributed by atoms with E-state index in [0.717, 1.165) is 19.1 Å². The average molecular weight is 225 g/mol. The highest BCUT2D eigenvalue weighted by atomic mass is 16.5. The topological polar surface area (TPSA) is 21.3 Å². The molecule has 0 aromatic carbocycles. The molecule has 1 N–H and O–H groups in total. The minimum Gasteiger partial charge on any atom is -0.372 e. The van der Waals surface area contributed by atoms with Crippen molar-refractivity contribution < 1.29 is 4.74 Å². The number of nitrogens with one attached hydrogen (secondary N) is 1. The summed E-state index contributed by atoms with van der Waals surface area (Å²) in [6, 6.07) is 0.569. The predicted octanol–water partition coefficient (Wildman–Crippen LogP) is 2.97. The molecule has 0 aromatic heterocycles. The van der Waals surface area contributed by atoms with E-state index in [2.05, 4.69) is 26.1 Å². The van der Waals surface area contributed by atoms with Crippen LogP contribution >= 0.6 is 0 Å². The number of ether oxygens (including phenoxy) is 1. The van der Waals surface area contributed by atoms with Crippen LogP contribution in [0.1, 0.15) is 52.9 Å². The minimum absolute atomic E-state index is 0.165. The van der Waals surface area contributed by atoms with Crippen molar-refractivity contribution in [1.29, 1.82) is 0 Å². The zero-order valence-corrected chi connectivity index (χ0v) is 11.1. The van der Waals surface area contributed by atoms with Crippen molar-refractivity contribution in [2.75, 3.05) is 13.2 Å². The summed E-state index contributed by atoms with van der Waals surface area (Å²) in [6.07, 6.45) is 6.60. The molecule has 0 bridgehead atoms. The van der Waals surface area contributed by atoms with Gasteiger partial charge in [-0.05, 0) is 37.5 Å². The first-order chi connectivity index (χ1) is 7.68. The molecular formula is C14H27NO. The molecule has 2 nitrogen and oxygen atoms in total. The first-order valence-corrected chi connectivity index (χ1v) is 7.05. The van der Waals surface area contributed by atoms with Crippen molar-refractivity contribution in [3.8, 4) is 0 Å². The molecule has 0 amide bonds. The third kappa shape index (κ3) is 2.28. The minimum atomic E-state index is 0.165. The van der Waals surface area contributed by atoms with Gasteiger partial charge in [0, 0.05) is 12.6 Å². The van der Waals surface area contributed by atoms with E-state index >= 15 is 0 Å². The Bertz CT molecular complexity index is 219. The third-order valence-corrected chi connectivity index (χ3v) is 4.62. The van der Waals surface area contributed by atoms with Gasteiger partial charge >= 0.3 is 0 Å². The smallest absolute Gasteiger partial charge is 0.0838 e. The van der Waals surface area contributed by atoms with Crippen LogP contribution < -0.4 is 5.32 Å². The summed E-state index contributed by atoms with van der Waals surface area (Å²) in [5, 5.41) is 3.69. The Labute approximate surface area is 100 Å². The van der Waals surface area contributed by atoms with Gasteiger partial charge in [0.05, 0.1) is 12.2 Å². The van der Waals surface area contributed by atoms with Crippen molar-refractivity contribution in [2.24, 2.45) is 11.8 Å². The van der Waals surface area contributed by atoms with Gasteiger partial charge in [-0.1, -0.05) is 27.2 Å². The van der Waals surface area contributed by atoms with Crippen molar-refractivity contribution in [2.45, 2.75) is 64.5 Å². The van der Waals surface area contributed by atoms with E-state index in [9.17, 15) is 0 Å². The van der Waals surface area contributed by atoms with Crippen molar-refractivity contribution >= 4 is 0 Å². The van der Waals surface area contributed by atoms with Crippen LogP contribution in [0.5, 0.6) is 0 Å². The Morgan fingerprint density at radius 3 is 2.56 bits per heavy atom. The Kier molecular flexibility index (Phi) is 3.91. The van der Waals surface area contributed by atoms with Gasteiger partial charge in [-0.2, -0.15) is 0 Å². The molecule has 0 aromatic rings. The van der Waals surface area contributed by atoms with E-state index in [1.54, 1.807) is 0 Å². The van der Waals surface area contributed by atoms with Crippen molar-refractivity contribution in [3.63, 3.8) is 0 Å². The molecule has 0 radical (unpaired) electrons. The SMILES string of the molecule is CCC1CCC2(CC1)OCCNC2C(C)C. The second-order valence-corrected chi connectivity index (χ2v) is 5.94. The number of hydrogen-bond donors (Lipinski definition) is 1. The third-order valence-electron chi connectivity index (χ3n) is 4.62. The molecule has 1 aliphatic heterocycles. The first-order valence-electron chi connectivity index (χ1n) is 7.05. The maximum absolute atomic E-state index is 6.21. The maximum atomic E-state index is 6.21. The lowest BCUT2D eigenvalue weighted by Gasteiger charge is -2.50. The lowest BCUT2D eigenvalue weighted by molar-refractivity contribution is -0.133. The van der Waals surface area contributed by atoms with E-state index in [0.29, 0.717) is 12.0 Å². The highest BCUT2D eigenvalue weighted by Crippen LogP contribution is 2.41. The van der Waals surface area contributed by atoms with Gasteiger partial charge in [-0.15, -0.1) is 0 Å². The van der Waals surface area contributed by atoms with Crippen LogP contribution in [0.15, 0.2) is 0 Å². The summed E-state index contributed by atoms with van der Waals surface area (Å²) in [4.78, 5) is 0. The highest BCUT2D eigenvalue weighted by molar-refractivity contribution is 5.00. The summed E-state index contributed by atoms with van der Waals surface area (Å²) in [5.74, 6) is 1.63. The van der Waals surface area contributed by atoms with E-state index in [-0.39, 0.29) is 5.60 Å². The standard InChI is InChI=1S/C14H27NO/c1-4-12-5-7-14(8-6-12)13(11(2)3)15-9-10-16-14/h11-13,15H,4-10H2,1-3H3. The van der Waals surface area contributed by atoms with Gasteiger partial charge in [0.15, 0.2) is 0 Å². The normalized spacial score (nSPS) is 40.5. The van der Waals surface area contributed by atoms with Gasteiger partial charge in [0.1, 0.15) is 0 Å². The fraction of sp³-hybridized carbons (Fsp3) is 1.00. The number of hydrogen-bond acceptors (Lipinski definition) is 2. The lowest BCUT2D eigenvalue weighted by Crippen LogP contribution is -2.61. The molecule has 1 heterocycles. The monoisotopic (exact) mass is 225 g/mol. The summed E-state index contributed by atoms with van der Waals surface area (Å²) in [6.45, 7) is 8.89. The maximum Gasteiger partial charge on any atom is 0.0838 e. The average Bonchev–Trinajstić information content (AvgIpc) is 2.30. The van der Waals surface area contributed by atoms with Crippen LogP contribution in [-0.2, 0) is 4.74 Å². The van der Waals surface area contributed by atoms with Crippen molar-refractivity contribution in [1.82, 2.24) is 5.32 Å². The summed E-state index contributed by atoms with van der Waals surface area (Å²) >= 11 is 0. The molecule has 1 saturated carbocycles. The molecule has 2 aliphatic rings. The summed E-state index contributed by atoms with van der Waals surface area (Å²) < 4.78 is 6.21. The molecule has 2 heteroatoms. The van der Waals surface area contributed by atoms with Gasteiger partial charge in [-0.25, -0.2) is 0 Å². The van der Waals surface area contributed by atoms with E-state index < -0.39 is 0 Å². The van der Waals surface area contributed by atoms with Crippen molar-refractivity contribution in [3.05, 3.63) is 0 Å². The van der Waals surface area contributed by atoms with Gasteiger partial charge in [-0.3, -0.25) is 0 Å². The number of rotatable bonds is 2. The fourth-order valence-corrected chi connectivity index (χ4v) is 3.62. The van der Waals surface area contributed by atoms with Gasteiger partial charge in [0.25, 0.3) is 0 Å². The molecule has 1 atom stereocenters. The molecule has 2 fully saturated rings. The second-order valence-electron chi connectivity index (χ2n) is 5.94. The van der Waals surface area contributed by atoms with Gasteiger partial charge in [0.2, 0.25) is 0 Å². The molecule has 2 rings (SSSR count). The predicted molar refractivity (Wildman–Crippen MR) is 67.6 cm³/mol. The van der Waals surface area contributed by atoms with E-state index in [1.165, 1.54) is 32.1 Å². The molecule has 1 saturated heterocycles. The van der Waals surface area contributed by atoms with E-state index in [1.807, 2.05) is 0 Å². The molecule has 1 aliphatic carbocycles. The van der Waals surface area contributed by atoms with Crippen LogP contribution in [-0.4, -0.2) is 24.8 Å².